The van der Waals surface area contributed by atoms with Gasteiger partial charge in [0.15, 0.2) is 0 Å². The zero-order valence-corrected chi connectivity index (χ0v) is 28.0. The summed E-state index contributed by atoms with van der Waals surface area (Å²) in [6.07, 6.45) is 0.274. The van der Waals surface area contributed by atoms with Crippen LogP contribution in [0.15, 0.2) is 0 Å². The summed E-state index contributed by atoms with van der Waals surface area (Å²) >= 11 is 0. The van der Waals surface area contributed by atoms with Crippen LogP contribution in [0.5, 0.6) is 0 Å². The summed E-state index contributed by atoms with van der Waals surface area (Å²) in [5.74, 6) is -5.42. The Morgan fingerprint density at radius 1 is 0.702 bits per heavy atom. The monoisotopic (exact) mass is 676 g/mol. The molecule has 14 nitrogen and oxygen atoms in total. The van der Waals surface area contributed by atoms with Crippen LogP contribution in [-0.2, 0) is 23.9 Å². The molecule has 1 amide bonds. The van der Waals surface area contributed by atoms with Gasteiger partial charge in [0.1, 0.15) is 30.5 Å². The maximum Gasteiger partial charge on any atom is 0.320 e. The van der Waals surface area contributed by atoms with Crippen LogP contribution in [0.2, 0.25) is 0 Å². The Balaban J connectivity index is 1.88. The number of nitrogens with one attached hydrogen (secondary N) is 2. The van der Waals surface area contributed by atoms with Crippen molar-refractivity contribution in [1.82, 2.24) is 10.6 Å². The molecule has 11 atom stereocenters. The van der Waals surface area contributed by atoms with E-state index in [1.807, 2.05) is 0 Å². The lowest BCUT2D eigenvalue weighted by molar-refractivity contribution is -0.237. The Kier molecular flexibility index (Phi) is 19.3. The molecule has 0 heterocycles. The Morgan fingerprint density at radius 2 is 1.28 bits per heavy atom. The molecule has 0 aromatic heterocycles. The second-order valence-corrected chi connectivity index (χ2v) is 13.2. The Labute approximate surface area is 278 Å². The first-order chi connectivity index (χ1) is 22.4. The second-order valence-electron chi connectivity index (χ2n) is 13.2. The fraction of sp³-hybridized carbons (Fsp3) is 0.909. The molecule has 0 unspecified atom stereocenters. The zero-order valence-electron chi connectivity index (χ0n) is 28.0. The van der Waals surface area contributed by atoms with E-state index in [-0.39, 0.29) is 19.4 Å². The number of hydrogen-bond donors (Lipinski definition) is 9. The number of hydrogen-bond acceptors (Lipinski definition) is 11. The van der Waals surface area contributed by atoms with Crippen molar-refractivity contribution >= 4 is 17.8 Å². The van der Waals surface area contributed by atoms with E-state index in [9.17, 15) is 45.0 Å². The van der Waals surface area contributed by atoms with Crippen LogP contribution in [-0.4, -0.2) is 129 Å². The summed E-state index contributed by atoms with van der Waals surface area (Å²) in [6.45, 7) is 2.68. The van der Waals surface area contributed by atoms with Crippen LogP contribution >= 0.6 is 0 Å². The van der Waals surface area contributed by atoms with Crippen molar-refractivity contribution in [2.75, 3.05) is 20.2 Å². The highest BCUT2D eigenvalue weighted by Gasteiger charge is 2.52. The molecule has 0 saturated heterocycles. The van der Waals surface area contributed by atoms with E-state index >= 15 is 0 Å². The van der Waals surface area contributed by atoms with Crippen molar-refractivity contribution in [1.29, 1.82) is 0 Å². The number of aliphatic carboxylic acids is 2. The summed E-state index contributed by atoms with van der Waals surface area (Å²) < 4.78 is 11.7. The molecule has 0 bridgehead atoms. The van der Waals surface area contributed by atoms with Gasteiger partial charge in [-0.1, -0.05) is 64.7 Å². The van der Waals surface area contributed by atoms with E-state index in [0.717, 1.165) is 25.7 Å². The first-order valence-corrected chi connectivity index (χ1v) is 17.5. The van der Waals surface area contributed by atoms with Gasteiger partial charge in [-0.15, -0.1) is 0 Å². The van der Waals surface area contributed by atoms with E-state index in [2.05, 4.69) is 17.6 Å². The van der Waals surface area contributed by atoms with Gasteiger partial charge in [0.05, 0.1) is 36.3 Å². The summed E-state index contributed by atoms with van der Waals surface area (Å²) in [7, 11) is 1.54. The molecule has 0 aromatic carbocycles. The number of aliphatic hydroxyl groups excluding tert-OH is 5. The van der Waals surface area contributed by atoms with Crippen molar-refractivity contribution < 1.29 is 59.6 Å². The van der Waals surface area contributed by atoms with Crippen LogP contribution < -0.4 is 10.6 Å². The van der Waals surface area contributed by atoms with Crippen molar-refractivity contribution in [2.45, 2.75) is 158 Å². The lowest BCUT2D eigenvalue weighted by Gasteiger charge is -2.45. The van der Waals surface area contributed by atoms with Crippen LogP contribution in [0.4, 0.5) is 0 Å². The third kappa shape index (κ3) is 13.1. The van der Waals surface area contributed by atoms with Crippen LogP contribution in [0.1, 0.15) is 103 Å². The third-order valence-corrected chi connectivity index (χ3v) is 9.61. The number of carboxylic acids is 2. The first-order valence-electron chi connectivity index (χ1n) is 17.5. The predicted octanol–water partition coefficient (Wildman–Crippen LogP) is 0.934. The van der Waals surface area contributed by atoms with Gasteiger partial charge in [-0.25, -0.2) is 0 Å². The Hall–Kier alpha value is -1.91. The normalized spacial score (nSPS) is 31.7. The lowest BCUT2D eigenvalue weighted by Crippen LogP contribution is -2.62. The highest BCUT2D eigenvalue weighted by molar-refractivity contribution is 5.79. The second kappa shape index (κ2) is 21.9. The van der Waals surface area contributed by atoms with Gasteiger partial charge in [0.2, 0.25) is 5.91 Å². The number of carboxylic acid groups (broad SMARTS) is 2. The highest BCUT2D eigenvalue weighted by atomic mass is 16.5. The molecule has 274 valence electrons. The number of likely N-dealkylation sites (N-methyl/N-ethyl adjacent to an activating group) is 1. The molecule has 0 aromatic rings. The Bertz CT molecular complexity index is 926. The molecule has 2 aliphatic carbocycles. The van der Waals surface area contributed by atoms with E-state index in [1.165, 1.54) is 38.5 Å². The summed E-state index contributed by atoms with van der Waals surface area (Å²) in [4.78, 5) is 36.3. The van der Waals surface area contributed by atoms with Gasteiger partial charge in [-0.3, -0.25) is 14.4 Å². The highest BCUT2D eigenvalue weighted by Crippen LogP contribution is 2.35. The number of carbonyl (C=O) groups is 3. The fourth-order valence-corrected chi connectivity index (χ4v) is 6.58. The molecule has 0 radical (unpaired) electrons. The van der Waals surface area contributed by atoms with Gasteiger partial charge >= 0.3 is 11.9 Å². The molecular weight excluding hydrogens is 616 g/mol. The average Bonchev–Trinajstić information content (AvgIpc) is 3.04. The quantitative estimate of drug-likeness (QED) is 0.0686. The smallest absolute Gasteiger partial charge is 0.320 e. The minimum atomic E-state index is -1.79. The SMILES string of the molecule is CCCCCCCCCCCCO[C@@H]1C[C@H](C(=O)O)[C@@H](O[C@@H]2C[C@H](C(=O)NCCCC[C@H](NC)C(=O)O)[C@@H](O)[C@H](O)[C@H]2O)[C@H](O)[C@H]1O. The van der Waals surface area contributed by atoms with Gasteiger partial charge < -0.3 is 55.9 Å². The molecule has 2 rings (SSSR count). The minimum absolute atomic E-state index is 0.149. The molecule has 14 heteroatoms. The standard InChI is InChI=1S/C33H60N2O12/c1-3-4-5-6-7-8-9-10-11-14-17-46-23-19-21(32(42)43)30(29(40)26(23)37)47-24-18-20(25(36)28(39)27(24)38)31(41)35-16-13-12-15-22(34-2)33(44)45/h20-30,34,36-40H,3-19H2,1-2H3,(H,35,41)(H,42,43)(H,44,45)/t20-,21-,22-,23+,24+,25+,26-,27-,28-,29+,30+/m0/s1. The largest absolute Gasteiger partial charge is 0.481 e. The van der Waals surface area contributed by atoms with Crippen molar-refractivity contribution in [2.24, 2.45) is 11.8 Å². The summed E-state index contributed by atoms with van der Waals surface area (Å²) in [5.41, 5.74) is 0. The number of rotatable bonds is 23. The predicted molar refractivity (Wildman–Crippen MR) is 171 cm³/mol. The Morgan fingerprint density at radius 3 is 1.85 bits per heavy atom. The van der Waals surface area contributed by atoms with E-state index < -0.39 is 84.6 Å². The van der Waals surface area contributed by atoms with Gasteiger partial charge in [-0.2, -0.15) is 0 Å². The number of carbonyl (C=O) groups excluding carboxylic acids is 1. The van der Waals surface area contributed by atoms with Crippen molar-refractivity contribution in [3.05, 3.63) is 0 Å². The number of unbranched alkanes of at least 4 members (excludes halogenated alkanes) is 10. The van der Waals surface area contributed by atoms with Crippen molar-refractivity contribution in [3.8, 4) is 0 Å². The van der Waals surface area contributed by atoms with Gasteiger partial charge in [0.25, 0.3) is 0 Å². The molecule has 9 N–H and O–H groups in total. The molecular formula is C33H60N2O12. The number of amides is 1. The fourth-order valence-electron chi connectivity index (χ4n) is 6.58. The zero-order chi connectivity index (χ0) is 34.9. The molecule has 2 aliphatic rings. The lowest BCUT2D eigenvalue weighted by atomic mass is 9.78. The minimum Gasteiger partial charge on any atom is -0.481 e. The van der Waals surface area contributed by atoms with Crippen LogP contribution in [0, 0.1) is 11.8 Å². The number of aliphatic hydroxyl groups is 5. The number of ether oxygens (including phenoxy) is 2. The molecule has 0 spiro atoms. The summed E-state index contributed by atoms with van der Waals surface area (Å²) in [5, 5.41) is 77.9. The molecule has 2 fully saturated rings. The van der Waals surface area contributed by atoms with E-state index in [4.69, 9.17) is 14.6 Å². The average molecular weight is 677 g/mol. The van der Waals surface area contributed by atoms with E-state index in [1.54, 1.807) is 7.05 Å². The van der Waals surface area contributed by atoms with Crippen LogP contribution in [0.25, 0.3) is 0 Å². The maximum atomic E-state index is 12.9. The third-order valence-electron chi connectivity index (χ3n) is 9.61. The first kappa shape index (κ1) is 41.3. The van der Waals surface area contributed by atoms with Gasteiger partial charge in [0, 0.05) is 13.2 Å². The molecule has 47 heavy (non-hydrogen) atoms. The van der Waals surface area contributed by atoms with Crippen LogP contribution in [0.3, 0.4) is 0 Å². The van der Waals surface area contributed by atoms with E-state index in [0.29, 0.717) is 25.9 Å². The maximum absolute atomic E-state index is 12.9. The molecule has 2 saturated carbocycles. The van der Waals surface area contributed by atoms with Gasteiger partial charge in [-0.05, 0) is 45.6 Å². The van der Waals surface area contributed by atoms with Crippen molar-refractivity contribution in [3.63, 3.8) is 0 Å². The topological polar surface area (TPSA) is 235 Å². The summed E-state index contributed by atoms with van der Waals surface area (Å²) in [6, 6.07) is -0.713. The molecule has 0 aliphatic heterocycles.